The maximum absolute atomic E-state index is 13.7. The third kappa shape index (κ3) is 5.92. The lowest BCUT2D eigenvalue weighted by atomic mass is 10.2. The van der Waals surface area contributed by atoms with E-state index < -0.39 is 10.0 Å². The second-order valence-corrected chi connectivity index (χ2v) is 12.8. The zero-order valence-electron chi connectivity index (χ0n) is 22.7. The van der Waals surface area contributed by atoms with Crippen LogP contribution in [0.2, 0.25) is 5.02 Å². The van der Waals surface area contributed by atoms with Gasteiger partial charge in [0.1, 0.15) is 16.4 Å². The first-order valence-electron chi connectivity index (χ1n) is 14.0. The van der Waals surface area contributed by atoms with Crippen LogP contribution in [0.1, 0.15) is 25.7 Å². The minimum Gasteiger partial charge on any atom is -0.483 e. The van der Waals surface area contributed by atoms with Crippen LogP contribution < -0.4 is 20.1 Å². The molecule has 3 fully saturated rings. The van der Waals surface area contributed by atoms with Gasteiger partial charge in [-0.2, -0.15) is 14.1 Å². The molecule has 4 heterocycles. The highest BCUT2D eigenvalue weighted by molar-refractivity contribution is 7.89. The molecule has 0 radical (unpaired) electrons. The average Bonchev–Trinajstić information content (AvgIpc) is 3.52. The summed E-state index contributed by atoms with van der Waals surface area (Å²) in [5, 5.41) is 4.94. The van der Waals surface area contributed by atoms with E-state index >= 15 is 0 Å². The third-order valence-corrected chi connectivity index (χ3v) is 9.94. The van der Waals surface area contributed by atoms with Crippen LogP contribution in [0.15, 0.2) is 58.5 Å². The van der Waals surface area contributed by atoms with Gasteiger partial charge in [-0.15, -0.1) is 0 Å². The molecule has 2 aromatic heterocycles. The normalized spacial score (nSPS) is 19.0. The predicted molar refractivity (Wildman–Crippen MR) is 156 cm³/mol. The second-order valence-electron chi connectivity index (χ2n) is 10.4. The van der Waals surface area contributed by atoms with Crippen molar-refractivity contribution < 1.29 is 17.9 Å². The molecule has 6 rings (SSSR count). The first kappa shape index (κ1) is 28.0. The Morgan fingerprint density at radius 2 is 1.68 bits per heavy atom. The number of aromatic nitrogens is 3. The summed E-state index contributed by atoms with van der Waals surface area (Å²) in [6.07, 6.45) is 6.93. The number of piperazine rings is 1. The molecule has 11 nitrogen and oxygen atoms in total. The lowest BCUT2D eigenvalue weighted by Crippen LogP contribution is -2.49. The van der Waals surface area contributed by atoms with Crippen molar-refractivity contribution in [1.82, 2.24) is 19.1 Å². The summed E-state index contributed by atoms with van der Waals surface area (Å²) in [4.78, 5) is 22.3. The van der Waals surface area contributed by atoms with Crippen LogP contribution in [0.25, 0.3) is 5.69 Å². The fraction of sp³-hybridized carbons (Fsp3) is 0.464. The minimum atomic E-state index is -3.72. The molecule has 2 aliphatic heterocycles. The molecule has 1 saturated carbocycles. The summed E-state index contributed by atoms with van der Waals surface area (Å²) < 4.78 is 41.3. The number of rotatable bonds is 7. The van der Waals surface area contributed by atoms with Crippen molar-refractivity contribution in [2.45, 2.75) is 36.7 Å². The Kier molecular flexibility index (Phi) is 8.16. The van der Waals surface area contributed by atoms with Crippen LogP contribution in [0.4, 0.5) is 11.5 Å². The molecule has 0 N–H and O–H groups in total. The summed E-state index contributed by atoms with van der Waals surface area (Å²) in [6.45, 7) is 4.01. The molecule has 0 spiro atoms. The highest BCUT2D eigenvalue weighted by Gasteiger charge is 2.32. The van der Waals surface area contributed by atoms with E-state index in [0.29, 0.717) is 42.7 Å². The Balaban J connectivity index is 1.20. The number of benzene rings is 1. The maximum Gasteiger partial charge on any atom is 0.316 e. The molecule has 1 aromatic carbocycles. The number of ether oxygens (including phenoxy) is 2. The van der Waals surface area contributed by atoms with E-state index in [1.165, 1.54) is 15.2 Å². The lowest BCUT2D eigenvalue weighted by Gasteiger charge is -2.36. The highest BCUT2D eigenvalue weighted by Crippen LogP contribution is 2.31. The maximum atomic E-state index is 13.7. The Morgan fingerprint density at radius 1 is 0.927 bits per heavy atom. The van der Waals surface area contributed by atoms with Gasteiger partial charge in [0.25, 0.3) is 0 Å². The summed E-state index contributed by atoms with van der Waals surface area (Å²) >= 11 is 6.17. The summed E-state index contributed by atoms with van der Waals surface area (Å²) in [5.74, 6) is 0.984. The van der Waals surface area contributed by atoms with Crippen molar-refractivity contribution in [3.8, 4) is 11.4 Å². The smallest absolute Gasteiger partial charge is 0.316 e. The third-order valence-electron chi connectivity index (χ3n) is 7.83. The van der Waals surface area contributed by atoms with E-state index in [-0.39, 0.29) is 35.4 Å². The molecule has 1 aliphatic carbocycles. The number of hydrogen-bond acceptors (Lipinski definition) is 9. The number of hydrogen-bond donors (Lipinski definition) is 0. The molecule has 2 saturated heterocycles. The van der Waals surface area contributed by atoms with E-state index in [9.17, 15) is 13.2 Å². The molecule has 218 valence electrons. The first-order valence-corrected chi connectivity index (χ1v) is 15.8. The minimum absolute atomic E-state index is 0.0359. The number of nitrogens with zero attached hydrogens (tertiary/aromatic N) is 6. The highest BCUT2D eigenvalue weighted by atomic mass is 35.5. The van der Waals surface area contributed by atoms with Gasteiger partial charge >= 0.3 is 5.56 Å². The molecule has 0 amide bonds. The van der Waals surface area contributed by atoms with Crippen LogP contribution >= 0.6 is 11.6 Å². The largest absolute Gasteiger partial charge is 0.483 e. The van der Waals surface area contributed by atoms with Gasteiger partial charge in [-0.05, 0) is 56.0 Å². The van der Waals surface area contributed by atoms with E-state index in [1.54, 1.807) is 42.6 Å². The number of pyridine rings is 1. The van der Waals surface area contributed by atoms with E-state index in [1.807, 2.05) is 4.90 Å². The summed E-state index contributed by atoms with van der Waals surface area (Å²) in [5.41, 5.74) is 0.765. The Hall–Kier alpha value is -3.19. The van der Waals surface area contributed by atoms with E-state index in [0.717, 1.165) is 44.6 Å². The lowest BCUT2D eigenvalue weighted by molar-refractivity contribution is 0.122. The van der Waals surface area contributed by atoms with Crippen LogP contribution in [0.5, 0.6) is 5.75 Å². The van der Waals surface area contributed by atoms with Crippen LogP contribution in [0, 0.1) is 0 Å². The van der Waals surface area contributed by atoms with Gasteiger partial charge in [0, 0.05) is 50.5 Å². The molecule has 0 unspecified atom stereocenters. The standard InChI is InChI=1S/C28H33ClN6O5S/c29-21-4-3-5-22(18-21)35-28(36)27(40-23-6-1-2-7-23)25(20-31-35)32-10-12-34(13-11-32)41(37,38)24-8-9-26(30-19-24)33-14-16-39-17-15-33/h3-5,8-9,18-20,23H,1-2,6-7,10-17H2. The summed E-state index contributed by atoms with van der Waals surface area (Å²) in [6, 6.07) is 10.3. The SMILES string of the molecule is O=c1c(OC2CCCC2)c(N2CCN(S(=O)(=O)c3ccc(N4CCOCC4)nc3)CC2)cnn1-c1cccc(Cl)c1. The van der Waals surface area contributed by atoms with E-state index in [2.05, 4.69) is 15.0 Å². The van der Waals surface area contributed by atoms with Crippen molar-refractivity contribution in [2.75, 3.05) is 62.3 Å². The van der Waals surface area contributed by atoms with E-state index in [4.69, 9.17) is 21.1 Å². The molecule has 13 heteroatoms. The van der Waals surface area contributed by atoms with Gasteiger partial charge in [-0.25, -0.2) is 13.4 Å². The molecule has 0 bridgehead atoms. The first-order chi connectivity index (χ1) is 19.9. The van der Waals surface area contributed by atoms with Gasteiger partial charge in [-0.3, -0.25) is 4.79 Å². The average molecular weight is 601 g/mol. The molecule has 0 atom stereocenters. The molecule has 41 heavy (non-hydrogen) atoms. The van der Waals surface area contributed by atoms with Crippen molar-refractivity contribution in [1.29, 1.82) is 0 Å². The van der Waals surface area contributed by atoms with Crippen molar-refractivity contribution in [2.24, 2.45) is 0 Å². The van der Waals surface area contributed by atoms with Gasteiger partial charge in [0.2, 0.25) is 15.8 Å². The molecular weight excluding hydrogens is 568 g/mol. The molecular formula is C28H33ClN6O5S. The Morgan fingerprint density at radius 3 is 2.37 bits per heavy atom. The van der Waals surface area contributed by atoms with Gasteiger partial charge in [-0.1, -0.05) is 17.7 Å². The van der Waals surface area contributed by atoms with Crippen molar-refractivity contribution in [3.63, 3.8) is 0 Å². The molecule has 3 aliphatic rings. The Bertz CT molecular complexity index is 1530. The second kappa shape index (κ2) is 12.0. The fourth-order valence-electron chi connectivity index (χ4n) is 5.55. The van der Waals surface area contributed by atoms with Gasteiger partial charge in [0.05, 0.1) is 31.2 Å². The van der Waals surface area contributed by atoms with Crippen LogP contribution in [-0.2, 0) is 14.8 Å². The van der Waals surface area contributed by atoms with Crippen molar-refractivity contribution in [3.05, 3.63) is 64.2 Å². The Labute approximate surface area is 244 Å². The van der Waals surface area contributed by atoms with Crippen molar-refractivity contribution >= 4 is 33.1 Å². The quantitative estimate of drug-likeness (QED) is 0.404. The zero-order valence-corrected chi connectivity index (χ0v) is 24.3. The molecule has 3 aromatic rings. The zero-order chi connectivity index (χ0) is 28.4. The number of morpholine rings is 1. The van der Waals surface area contributed by atoms with Crippen LogP contribution in [-0.4, -0.2) is 86.1 Å². The fourth-order valence-corrected chi connectivity index (χ4v) is 7.11. The predicted octanol–water partition coefficient (Wildman–Crippen LogP) is 2.95. The number of anilines is 2. The topological polar surface area (TPSA) is 110 Å². The van der Waals surface area contributed by atoms with Crippen LogP contribution in [0.3, 0.4) is 0 Å². The number of sulfonamides is 1. The monoisotopic (exact) mass is 600 g/mol. The van der Waals surface area contributed by atoms with Gasteiger partial charge < -0.3 is 19.3 Å². The van der Waals surface area contributed by atoms with Gasteiger partial charge in [0.15, 0.2) is 0 Å². The number of halogens is 1. The summed E-state index contributed by atoms with van der Waals surface area (Å²) in [7, 11) is -3.72.